The van der Waals surface area contributed by atoms with Crippen LogP contribution in [0.5, 0.6) is 0 Å². The Labute approximate surface area is 76.8 Å². The first-order valence-electron chi connectivity index (χ1n) is 3.93. The van der Waals surface area contributed by atoms with Gasteiger partial charge < -0.3 is 10.0 Å². The second-order valence-electron chi connectivity index (χ2n) is 2.52. The van der Waals surface area contributed by atoms with E-state index in [1.807, 2.05) is 13.8 Å². The van der Waals surface area contributed by atoms with E-state index < -0.39 is 6.23 Å². The third-order valence-corrected chi connectivity index (χ3v) is 2.37. The monoisotopic (exact) mass is 188 g/mol. The lowest BCUT2D eigenvalue weighted by atomic mass is 10.5. The molecule has 0 radical (unpaired) electrons. The summed E-state index contributed by atoms with van der Waals surface area (Å²) in [6, 6.07) is 0. The molecule has 0 aromatic rings. The molecule has 1 unspecified atom stereocenters. The molecule has 4 nitrogen and oxygen atoms in total. The van der Waals surface area contributed by atoms with Gasteiger partial charge in [0.1, 0.15) is 0 Å². The van der Waals surface area contributed by atoms with Gasteiger partial charge in [0.15, 0.2) is 5.11 Å². The number of hydrogen-bond donors (Lipinski definition) is 1. The highest BCUT2D eigenvalue weighted by Crippen LogP contribution is 2.14. The van der Waals surface area contributed by atoms with Crippen LogP contribution in [0.2, 0.25) is 0 Å². The van der Waals surface area contributed by atoms with Crippen LogP contribution >= 0.6 is 12.2 Å². The van der Waals surface area contributed by atoms with Gasteiger partial charge in [-0.15, -0.1) is 0 Å². The largest absolute Gasteiger partial charge is 0.365 e. The van der Waals surface area contributed by atoms with Gasteiger partial charge in [-0.25, -0.2) is 0 Å². The first-order chi connectivity index (χ1) is 5.63. The molecule has 1 amide bonds. The van der Waals surface area contributed by atoms with E-state index in [1.54, 1.807) is 0 Å². The SMILES string of the molecule is CCN1C(=O)C(O)N(CC)C1=S. The lowest BCUT2D eigenvalue weighted by molar-refractivity contribution is -0.136. The number of likely N-dealkylation sites (N-methyl/N-ethyl adjacent to an activating group) is 2. The Morgan fingerprint density at radius 1 is 1.50 bits per heavy atom. The van der Waals surface area contributed by atoms with Gasteiger partial charge in [-0.1, -0.05) is 0 Å². The number of amides is 1. The van der Waals surface area contributed by atoms with Crippen molar-refractivity contribution in [1.82, 2.24) is 9.80 Å². The average Bonchev–Trinajstić information content (AvgIpc) is 2.25. The molecule has 68 valence electrons. The van der Waals surface area contributed by atoms with Crippen molar-refractivity contribution < 1.29 is 9.90 Å². The van der Waals surface area contributed by atoms with E-state index in [0.29, 0.717) is 18.2 Å². The van der Waals surface area contributed by atoms with Crippen molar-refractivity contribution >= 4 is 23.2 Å². The van der Waals surface area contributed by atoms with Crippen molar-refractivity contribution in [3.05, 3.63) is 0 Å². The van der Waals surface area contributed by atoms with Crippen molar-refractivity contribution in [2.24, 2.45) is 0 Å². The molecule has 1 aliphatic rings. The molecular formula is C7H12N2O2S. The average molecular weight is 188 g/mol. The number of thiocarbonyl (C=S) groups is 1. The zero-order valence-corrected chi connectivity index (χ0v) is 7.97. The van der Waals surface area contributed by atoms with Crippen molar-refractivity contribution in [2.75, 3.05) is 13.1 Å². The van der Waals surface area contributed by atoms with Gasteiger partial charge >= 0.3 is 0 Å². The number of aliphatic hydroxyl groups is 1. The number of rotatable bonds is 2. The van der Waals surface area contributed by atoms with Gasteiger partial charge in [0.25, 0.3) is 5.91 Å². The van der Waals surface area contributed by atoms with Crippen LogP contribution in [0.15, 0.2) is 0 Å². The molecule has 1 heterocycles. The molecule has 0 aliphatic carbocycles. The van der Waals surface area contributed by atoms with Crippen LogP contribution in [0, 0.1) is 0 Å². The van der Waals surface area contributed by atoms with Gasteiger partial charge in [-0.3, -0.25) is 9.69 Å². The second-order valence-corrected chi connectivity index (χ2v) is 2.89. The van der Waals surface area contributed by atoms with E-state index >= 15 is 0 Å². The zero-order valence-electron chi connectivity index (χ0n) is 7.15. The molecule has 0 spiro atoms. The van der Waals surface area contributed by atoms with Crippen LogP contribution < -0.4 is 0 Å². The van der Waals surface area contributed by atoms with Crippen LogP contribution in [0.25, 0.3) is 0 Å². The second kappa shape index (κ2) is 3.37. The molecule has 1 N–H and O–H groups in total. The number of aliphatic hydroxyl groups excluding tert-OH is 1. The van der Waals surface area contributed by atoms with E-state index in [-0.39, 0.29) is 5.91 Å². The molecule has 0 aromatic heterocycles. The van der Waals surface area contributed by atoms with Crippen LogP contribution in [-0.2, 0) is 4.79 Å². The highest BCUT2D eigenvalue weighted by Gasteiger charge is 2.39. The summed E-state index contributed by atoms with van der Waals surface area (Å²) in [5.74, 6) is -0.315. The van der Waals surface area contributed by atoms with E-state index in [2.05, 4.69) is 0 Å². The minimum atomic E-state index is -1.07. The molecule has 5 heteroatoms. The first-order valence-corrected chi connectivity index (χ1v) is 4.34. The topological polar surface area (TPSA) is 43.8 Å². The minimum Gasteiger partial charge on any atom is -0.365 e. The highest BCUT2D eigenvalue weighted by atomic mass is 32.1. The molecule has 0 saturated carbocycles. The van der Waals surface area contributed by atoms with Gasteiger partial charge in [-0.2, -0.15) is 0 Å². The summed E-state index contributed by atoms with van der Waals surface area (Å²) in [7, 11) is 0. The smallest absolute Gasteiger partial charge is 0.278 e. The predicted molar refractivity (Wildman–Crippen MR) is 48.4 cm³/mol. The first kappa shape index (κ1) is 9.41. The summed E-state index contributed by atoms with van der Waals surface area (Å²) >= 11 is 4.99. The van der Waals surface area contributed by atoms with Crippen LogP contribution in [0.4, 0.5) is 0 Å². The summed E-state index contributed by atoms with van der Waals surface area (Å²) in [6.45, 7) is 4.76. The van der Waals surface area contributed by atoms with Gasteiger partial charge in [0.2, 0.25) is 6.23 Å². The fraction of sp³-hybridized carbons (Fsp3) is 0.714. The normalized spacial score (nSPS) is 24.1. The van der Waals surface area contributed by atoms with Crippen molar-refractivity contribution in [3.63, 3.8) is 0 Å². The maximum atomic E-state index is 11.3. The Bertz CT molecular complexity index is 219. The lowest BCUT2D eigenvalue weighted by Gasteiger charge is -2.17. The van der Waals surface area contributed by atoms with Crippen molar-refractivity contribution in [3.8, 4) is 0 Å². The molecule has 1 rings (SSSR count). The Hall–Kier alpha value is -0.680. The minimum absolute atomic E-state index is 0.315. The zero-order chi connectivity index (χ0) is 9.30. The van der Waals surface area contributed by atoms with Gasteiger partial charge in [0.05, 0.1) is 0 Å². The van der Waals surface area contributed by atoms with E-state index in [4.69, 9.17) is 12.2 Å². The number of hydrogen-bond acceptors (Lipinski definition) is 3. The molecule has 0 bridgehead atoms. The summed E-state index contributed by atoms with van der Waals surface area (Å²) < 4.78 is 0. The van der Waals surface area contributed by atoms with Crippen LogP contribution in [-0.4, -0.2) is 45.2 Å². The summed E-state index contributed by atoms with van der Waals surface area (Å²) in [4.78, 5) is 14.2. The number of carbonyl (C=O) groups excluding carboxylic acids is 1. The van der Waals surface area contributed by atoms with Crippen molar-refractivity contribution in [1.29, 1.82) is 0 Å². The van der Waals surface area contributed by atoms with E-state index in [0.717, 1.165) is 0 Å². The Morgan fingerprint density at radius 3 is 2.33 bits per heavy atom. The van der Waals surface area contributed by atoms with E-state index in [9.17, 15) is 9.90 Å². The lowest BCUT2D eigenvalue weighted by Crippen LogP contribution is -2.34. The summed E-state index contributed by atoms with van der Waals surface area (Å²) in [5.41, 5.74) is 0. The maximum Gasteiger partial charge on any atom is 0.278 e. The molecule has 1 aliphatic heterocycles. The van der Waals surface area contributed by atoms with Gasteiger partial charge in [0, 0.05) is 13.1 Å². The number of nitrogens with zero attached hydrogens (tertiary/aromatic N) is 2. The highest BCUT2D eigenvalue weighted by molar-refractivity contribution is 7.80. The molecule has 1 fully saturated rings. The molecule has 1 atom stereocenters. The van der Waals surface area contributed by atoms with Crippen molar-refractivity contribution in [2.45, 2.75) is 20.1 Å². The summed E-state index contributed by atoms with van der Waals surface area (Å²) in [6.07, 6.45) is -1.07. The maximum absolute atomic E-state index is 11.3. The van der Waals surface area contributed by atoms with Gasteiger partial charge in [-0.05, 0) is 26.1 Å². The standard InChI is InChI=1S/C7H12N2O2S/c1-3-8-5(10)6(11)9(4-2)7(8)12/h5,10H,3-4H2,1-2H3. The summed E-state index contributed by atoms with van der Waals surface area (Å²) in [5, 5.41) is 9.80. The fourth-order valence-corrected chi connectivity index (χ4v) is 1.67. The molecule has 0 aromatic carbocycles. The number of carbonyl (C=O) groups is 1. The molecular weight excluding hydrogens is 176 g/mol. The van der Waals surface area contributed by atoms with Crippen LogP contribution in [0.1, 0.15) is 13.8 Å². The Balaban J connectivity index is 2.85. The third kappa shape index (κ3) is 1.19. The quantitative estimate of drug-likeness (QED) is 0.608. The Morgan fingerprint density at radius 2 is 2.08 bits per heavy atom. The molecule has 12 heavy (non-hydrogen) atoms. The fourth-order valence-electron chi connectivity index (χ4n) is 1.23. The van der Waals surface area contributed by atoms with E-state index in [1.165, 1.54) is 9.80 Å². The third-order valence-electron chi connectivity index (χ3n) is 1.92. The predicted octanol–water partition coefficient (Wildman–Crippen LogP) is -0.226. The Kier molecular flexibility index (Phi) is 2.64. The van der Waals surface area contributed by atoms with Crippen LogP contribution in [0.3, 0.4) is 0 Å². The molecule has 1 saturated heterocycles.